The van der Waals surface area contributed by atoms with Crippen LogP contribution in [0.3, 0.4) is 0 Å². The lowest BCUT2D eigenvalue weighted by Gasteiger charge is -2.31. The molecule has 0 aromatic heterocycles. The monoisotopic (exact) mass is 512 g/mol. The number of ether oxygens (including phenoxy) is 5. The number of fused-ring (bicyclic) bond motifs is 1. The number of nitrogens with zero attached hydrogens (tertiary/aromatic N) is 2. The molecule has 0 saturated carbocycles. The number of hydrogen-bond acceptors (Lipinski definition) is 9. The molecule has 0 fully saturated rings. The normalized spacial score (nSPS) is 17.4. The Morgan fingerprint density at radius 2 is 1.92 bits per heavy atom. The summed E-state index contributed by atoms with van der Waals surface area (Å²) in [5, 5.41) is 22.4. The average molecular weight is 513 g/mol. The summed E-state index contributed by atoms with van der Waals surface area (Å²) in [5.74, 6) is 1.45. The maximum Gasteiger partial charge on any atom is 0.303 e. The molecule has 1 aliphatic heterocycles. The molecule has 10 nitrogen and oxygen atoms in total. The molecular formula is C27H32N2O8. The van der Waals surface area contributed by atoms with E-state index in [9.17, 15) is 20.2 Å². The van der Waals surface area contributed by atoms with Gasteiger partial charge in [0.2, 0.25) is 0 Å². The van der Waals surface area contributed by atoms with Crippen LogP contribution in [0.25, 0.3) is 0 Å². The third-order valence-electron chi connectivity index (χ3n) is 6.70. The zero-order valence-corrected chi connectivity index (χ0v) is 21.5. The largest absolute Gasteiger partial charge is 0.493 e. The van der Waals surface area contributed by atoms with Gasteiger partial charge in [-0.05, 0) is 49.1 Å². The summed E-state index contributed by atoms with van der Waals surface area (Å²) in [6.07, 6.45) is -0.922. The molecule has 3 rings (SSSR count). The van der Waals surface area contributed by atoms with E-state index in [0.717, 1.165) is 0 Å². The van der Waals surface area contributed by atoms with Gasteiger partial charge in [0, 0.05) is 11.8 Å². The number of rotatable bonds is 12. The Hall–Kier alpha value is -4.00. The van der Waals surface area contributed by atoms with Crippen molar-refractivity contribution >= 4 is 5.97 Å². The summed E-state index contributed by atoms with van der Waals surface area (Å²) >= 11 is 0. The summed E-state index contributed by atoms with van der Waals surface area (Å²) in [6.45, 7) is 3.22. The highest BCUT2D eigenvalue weighted by molar-refractivity contribution is 5.66. The molecule has 37 heavy (non-hydrogen) atoms. The standard InChI is InChI=1S/C27H32N2O8/c1-5-27(17-28,19-10-11-23(33-3)26(14-19)34-4)13-12-22(36-18(2)30)21(29(31)32)15-20-16-35-24-8-6-7-9-25(24)37-20/h6-11,14,20-22H,5,12-13,15-16H2,1-4H3. The van der Waals surface area contributed by atoms with Crippen LogP contribution in [0.5, 0.6) is 23.0 Å². The third-order valence-corrected chi connectivity index (χ3v) is 6.70. The maximum absolute atomic E-state index is 12.2. The summed E-state index contributed by atoms with van der Waals surface area (Å²) in [4.78, 5) is 23.6. The van der Waals surface area contributed by atoms with Crippen LogP contribution in [0.4, 0.5) is 0 Å². The molecule has 0 radical (unpaired) electrons. The van der Waals surface area contributed by atoms with E-state index in [1.54, 1.807) is 36.4 Å². The fourth-order valence-electron chi connectivity index (χ4n) is 4.61. The van der Waals surface area contributed by atoms with E-state index < -0.39 is 34.6 Å². The summed E-state index contributed by atoms with van der Waals surface area (Å²) in [5.41, 5.74) is -0.294. The van der Waals surface area contributed by atoms with Crippen LogP contribution >= 0.6 is 0 Å². The Kier molecular flexibility index (Phi) is 9.17. The average Bonchev–Trinajstić information content (AvgIpc) is 2.91. The van der Waals surface area contributed by atoms with Crippen molar-refractivity contribution in [3.8, 4) is 29.1 Å². The van der Waals surface area contributed by atoms with E-state index in [1.807, 2.05) is 13.0 Å². The van der Waals surface area contributed by atoms with Gasteiger partial charge < -0.3 is 23.7 Å². The number of methoxy groups -OCH3 is 2. The first-order valence-corrected chi connectivity index (χ1v) is 12.1. The zero-order chi connectivity index (χ0) is 27.0. The van der Waals surface area contributed by atoms with E-state index in [-0.39, 0.29) is 25.9 Å². The molecule has 4 atom stereocenters. The lowest BCUT2D eigenvalue weighted by molar-refractivity contribution is -0.536. The van der Waals surface area contributed by atoms with Crippen molar-refractivity contribution in [2.24, 2.45) is 0 Å². The molecule has 4 unspecified atom stereocenters. The second kappa shape index (κ2) is 12.3. The predicted octanol–water partition coefficient (Wildman–Crippen LogP) is 4.46. The first-order valence-electron chi connectivity index (χ1n) is 12.1. The van der Waals surface area contributed by atoms with E-state index in [2.05, 4.69) is 6.07 Å². The number of benzene rings is 2. The van der Waals surface area contributed by atoms with Crippen molar-refractivity contribution < 1.29 is 33.4 Å². The Morgan fingerprint density at radius 3 is 2.51 bits per heavy atom. The van der Waals surface area contributed by atoms with Gasteiger partial charge in [0.15, 0.2) is 29.1 Å². The summed E-state index contributed by atoms with van der Waals surface area (Å²) in [7, 11) is 3.03. The number of carbonyl (C=O) groups is 1. The predicted molar refractivity (Wildman–Crippen MR) is 134 cm³/mol. The minimum absolute atomic E-state index is 0.0265. The minimum Gasteiger partial charge on any atom is -0.493 e. The Labute approximate surface area is 216 Å². The first kappa shape index (κ1) is 27.6. The van der Waals surface area contributed by atoms with Gasteiger partial charge in [-0.25, -0.2) is 0 Å². The van der Waals surface area contributed by atoms with Crippen LogP contribution in [-0.2, 0) is 14.9 Å². The summed E-state index contributed by atoms with van der Waals surface area (Å²) in [6, 6.07) is 13.5. The van der Waals surface area contributed by atoms with E-state index in [4.69, 9.17) is 23.7 Å². The van der Waals surface area contributed by atoms with Crippen molar-refractivity contribution in [1.82, 2.24) is 0 Å². The van der Waals surface area contributed by atoms with E-state index >= 15 is 0 Å². The number of esters is 1. The molecule has 0 saturated heterocycles. The molecule has 198 valence electrons. The fourth-order valence-corrected chi connectivity index (χ4v) is 4.61. The molecule has 0 N–H and O–H groups in total. The van der Waals surface area contributed by atoms with Crippen LogP contribution < -0.4 is 18.9 Å². The minimum atomic E-state index is -1.25. The molecule has 1 aliphatic rings. The van der Waals surface area contributed by atoms with Crippen LogP contribution in [-0.4, -0.2) is 50.0 Å². The van der Waals surface area contributed by atoms with Gasteiger partial charge in [-0.3, -0.25) is 14.9 Å². The highest BCUT2D eigenvalue weighted by Crippen LogP contribution is 2.39. The van der Waals surface area contributed by atoms with Gasteiger partial charge in [0.1, 0.15) is 12.7 Å². The number of nitriles is 1. The smallest absolute Gasteiger partial charge is 0.303 e. The molecular weight excluding hydrogens is 480 g/mol. The molecule has 1 heterocycles. The van der Waals surface area contributed by atoms with Gasteiger partial charge in [-0.1, -0.05) is 25.1 Å². The van der Waals surface area contributed by atoms with Crippen molar-refractivity contribution in [2.75, 3.05) is 20.8 Å². The number of carbonyl (C=O) groups excluding carboxylic acids is 1. The van der Waals surface area contributed by atoms with E-state index in [1.165, 1.54) is 21.1 Å². The van der Waals surface area contributed by atoms with Gasteiger partial charge >= 0.3 is 5.97 Å². The highest BCUT2D eigenvalue weighted by atomic mass is 16.6. The SMILES string of the molecule is CCC(C#N)(CCC(OC(C)=O)C(CC1COc2ccccc2O1)[N+](=O)[O-])c1ccc(OC)c(OC)c1. The van der Waals surface area contributed by atoms with Crippen LogP contribution in [0.15, 0.2) is 42.5 Å². The molecule has 10 heteroatoms. The molecule has 0 bridgehead atoms. The third kappa shape index (κ3) is 6.42. The van der Waals surface area contributed by atoms with Gasteiger partial charge in [0.05, 0.1) is 32.1 Å². The van der Waals surface area contributed by atoms with Gasteiger partial charge in [-0.15, -0.1) is 0 Å². The lowest BCUT2D eigenvalue weighted by Crippen LogP contribution is -2.43. The fraction of sp³-hybridized carbons (Fsp3) is 0.481. The number of hydrogen-bond donors (Lipinski definition) is 0. The topological polar surface area (TPSA) is 130 Å². The second-order valence-electron chi connectivity index (χ2n) is 8.89. The molecule has 2 aromatic rings. The highest BCUT2D eigenvalue weighted by Gasteiger charge is 2.41. The number of nitro groups is 1. The zero-order valence-electron chi connectivity index (χ0n) is 21.5. The van der Waals surface area contributed by atoms with Gasteiger partial charge in [-0.2, -0.15) is 5.26 Å². The Balaban J connectivity index is 1.83. The summed E-state index contributed by atoms with van der Waals surface area (Å²) < 4.78 is 27.8. The second-order valence-corrected chi connectivity index (χ2v) is 8.89. The molecule has 2 aromatic carbocycles. The van der Waals surface area contributed by atoms with Crippen molar-refractivity contribution in [1.29, 1.82) is 5.26 Å². The van der Waals surface area contributed by atoms with Crippen molar-refractivity contribution in [2.45, 2.75) is 63.2 Å². The van der Waals surface area contributed by atoms with Crippen molar-refractivity contribution in [3.63, 3.8) is 0 Å². The Bertz CT molecular complexity index is 1150. The molecule has 0 spiro atoms. The van der Waals surface area contributed by atoms with Crippen LogP contribution in [0.1, 0.15) is 45.1 Å². The first-order chi connectivity index (χ1) is 17.8. The molecule has 0 amide bonds. The quantitative estimate of drug-likeness (QED) is 0.230. The van der Waals surface area contributed by atoms with Crippen LogP contribution in [0.2, 0.25) is 0 Å². The van der Waals surface area contributed by atoms with Crippen LogP contribution in [0, 0.1) is 21.4 Å². The number of para-hydroxylation sites is 2. The van der Waals surface area contributed by atoms with E-state index in [0.29, 0.717) is 35.0 Å². The maximum atomic E-state index is 12.2. The van der Waals surface area contributed by atoms with Crippen molar-refractivity contribution in [3.05, 3.63) is 58.1 Å². The molecule has 0 aliphatic carbocycles. The Morgan fingerprint density at radius 1 is 1.22 bits per heavy atom. The lowest BCUT2D eigenvalue weighted by atomic mass is 9.74. The van der Waals surface area contributed by atoms with Gasteiger partial charge in [0.25, 0.3) is 6.04 Å².